The Kier molecular flexibility index (Phi) is 2.57. The molecule has 0 unspecified atom stereocenters. The molecule has 0 amide bonds. The van der Waals surface area contributed by atoms with Crippen LogP contribution in [0.4, 0.5) is 5.69 Å². The van der Waals surface area contributed by atoms with Crippen LogP contribution in [0.1, 0.15) is 19.3 Å². The zero-order valence-electron chi connectivity index (χ0n) is 12.7. The van der Waals surface area contributed by atoms with Gasteiger partial charge in [0.15, 0.2) is 0 Å². The summed E-state index contributed by atoms with van der Waals surface area (Å²) in [5, 5.41) is 8.36. The molecular formula is C21H19N. The van der Waals surface area contributed by atoms with Gasteiger partial charge >= 0.3 is 0 Å². The average Bonchev–Trinajstić information content (AvgIpc) is 2.60. The molecule has 4 aromatic carbocycles. The zero-order valence-corrected chi connectivity index (χ0v) is 12.7. The molecule has 1 fully saturated rings. The number of benzene rings is 4. The van der Waals surface area contributed by atoms with Crippen LogP contribution in [0.5, 0.6) is 0 Å². The molecule has 0 N–H and O–H groups in total. The van der Waals surface area contributed by atoms with E-state index < -0.39 is 0 Å². The second-order valence-corrected chi connectivity index (χ2v) is 6.49. The van der Waals surface area contributed by atoms with Gasteiger partial charge < -0.3 is 4.90 Å². The van der Waals surface area contributed by atoms with E-state index in [0.29, 0.717) is 0 Å². The van der Waals surface area contributed by atoms with Gasteiger partial charge in [-0.25, -0.2) is 0 Å². The summed E-state index contributed by atoms with van der Waals surface area (Å²) in [5.41, 5.74) is 1.42. The number of nitrogens with zero attached hydrogens (tertiary/aromatic N) is 1. The fourth-order valence-electron chi connectivity index (χ4n) is 4.13. The van der Waals surface area contributed by atoms with Gasteiger partial charge in [-0.2, -0.15) is 0 Å². The van der Waals surface area contributed by atoms with Crippen LogP contribution in [-0.2, 0) is 0 Å². The topological polar surface area (TPSA) is 3.24 Å². The molecule has 0 saturated carbocycles. The van der Waals surface area contributed by atoms with Crippen molar-refractivity contribution in [2.75, 3.05) is 18.0 Å². The highest BCUT2D eigenvalue weighted by Gasteiger charge is 2.16. The largest absolute Gasteiger partial charge is 0.371 e. The standard InChI is InChI=1S/C21H19N/c1-2-13-22(14-3-1)19-12-10-17-8-7-15-5-4-6-16-9-11-18(19)21(17)20(15)16/h4-12H,1-3,13-14H2. The summed E-state index contributed by atoms with van der Waals surface area (Å²) >= 11 is 0. The van der Waals surface area contributed by atoms with E-state index in [0.717, 1.165) is 0 Å². The molecule has 0 aromatic heterocycles. The minimum Gasteiger partial charge on any atom is -0.371 e. The number of hydrogen-bond donors (Lipinski definition) is 0. The molecule has 5 rings (SSSR count). The van der Waals surface area contributed by atoms with Crippen LogP contribution in [0.15, 0.2) is 54.6 Å². The molecule has 22 heavy (non-hydrogen) atoms. The monoisotopic (exact) mass is 285 g/mol. The Labute approximate surface area is 130 Å². The Morgan fingerprint density at radius 3 is 2.00 bits per heavy atom. The van der Waals surface area contributed by atoms with Crippen molar-refractivity contribution in [1.29, 1.82) is 0 Å². The molecule has 108 valence electrons. The molecule has 0 aliphatic carbocycles. The van der Waals surface area contributed by atoms with E-state index in [1.54, 1.807) is 0 Å². The Balaban J connectivity index is 1.89. The predicted molar refractivity (Wildman–Crippen MR) is 96.2 cm³/mol. The molecule has 0 radical (unpaired) electrons. The van der Waals surface area contributed by atoms with E-state index in [1.165, 1.54) is 70.4 Å². The van der Waals surface area contributed by atoms with E-state index in [9.17, 15) is 0 Å². The molecule has 1 aliphatic rings. The highest BCUT2D eigenvalue weighted by atomic mass is 15.1. The summed E-state index contributed by atoms with van der Waals surface area (Å²) in [6.45, 7) is 2.40. The van der Waals surface area contributed by atoms with Crippen LogP contribution in [0, 0.1) is 0 Å². The third-order valence-electron chi connectivity index (χ3n) is 5.20. The highest BCUT2D eigenvalue weighted by molar-refractivity contribution is 6.25. The van der Waals surface area contributed by atoms with Crippen molar-refractivity contribution in [3.63, 3.8) is 0 Å². The maximum absolute atomic E-state index is 2.58. The number of hydrogen-bond acceptors (Lipinski definition) is 1. The van der Waals surface area contributed by atoms with Gasteiger partial charge in [-0.3, -0.25) is 0 Å². The first-order valence-electron chi connectivity index (χ1n) is 8.33. The lowest BCUT2D eigenvalue weighted by atomic mass is 9.93. The molecule has 1 saturated heterocycles. The predicted octanol–water partition coefficient (Wildman–Crippen LogP) is 5.57. The van der Waals surface area contributed by atoms with Crippen molar-refractivity contribution in [3.8, 4) is 0 Å². The number of anilines is 1. The lowest BCUT2D eigenvalue weighted by molar-refractivity contribution is 0.579. The van der Waals surface area contributed by atoms with Gasteiger partial charge in [0.1, 0.15) is 0 Å². The maximum Gasteiger partial charge on any atom is 0.0446 e. The van der Waals surface area contributed by atoms with E-state index >= 15 is 0 Å². The molecule has 0 atom stereocenters. The van der Waals surface area contributed by atoms with Gasteiger partial charge in [0.2, 0.25) is 0 Å². The summed E-state index contributed by atoms with van der Waals surface area (Å²) in [7, 11) is 0. The summed E-state index contributed by atoms with van der Waals surface area (Å²) < 4.78 is 0. The Bertz CT molecular complexity index is 948. The van der Waals surface area contributed by atoms with Gasteiger partial charge in [-0.15, -0.1) is 0 Å². The van der Waals surface area contributed by atoms with Gasteiger partial charge in [0.05, 0.1) is 0 Å². The second-order valence-electron chi connectivity index (χ2n) is 6.49. The van der Waals surface area contributed by atoms with Crippen LogP contribution >= 0.6 is 0 Å². The van der Waals surface area contributed by atoms with Crippen molar-refractivity contribution in [1.82, 2.24) is 0 Å². The summed E-state index contributed by atoms with van der Waals surface area (Å²) in [5.74, 6) is 0. The van der Waals surface area contributed by atoms with E-state index in [2.05, 4.69) is 59.5 Å². The number of piperidine rings is 1. The molecular weight excluding hydrogens is 266 g/mol. The lowest BCUT2D eigenvalue weighted by Crippen LogP contribution is -2.29. The quantitative estimate of drug-likeness (QED) is 0.413. The Morgan fingerprint density at radius 2 is 1.23 bits per heavy atom. The Hall–Kier alpha value is -2.28. The van der Waals surface area contributed by atoms with Gasteiger partial charge in [-0.1, -0.05) is 48.5 Å². The number of rotatable bonds is 1. The van der Waals surface area contributed by atoms with E-state index in [1.807, 2.05) is 0 Å². The van der Waals surface area contributed by atoms with Crippen molar-refractivity contribution in [2.45, 2.75) is 19.3 Å². The Morgan fingerprint density at radius 1 is 0.591 bits per heavy atom. The zero-order chi connectivity index (χ0) is 14.5. The van der Waals surface area contributed by atoms with Crippen LogP contribution in [0.3, 0.4) is 0 Å². The summed E-state index contributed by atoms with van der Waals surface area (Å²) in [6.07, 6.45) is 4.02. The third-order valence-corrected chi connectivity index (χ3v) is 5.20. The van der Waals surface area contributed by atoms with Crippen LogP contribution in [-0.4, -0.2) is 13.1 Å². The fraction of sp³-hybridized carbons (Fsp3) is 0.238. The third kappa shape index (κ3) is 1.65. The maximum atomic E-state index is 2.58. The smallest absolute Gasteiger partial charge is 0.0446 e. The minimum absolute atomic E-state index is 1.20. The fourth-order valence-corrected chi connectivity index (χ4v) is 4.13. The van der Waals surface area contributed by atoms with Gasteiger partial charge in [0.25, 0.3) is 0 Å². The van der Waals surface area contributed by atoms with Crippen molar-refractivity contribution >= 4 is 38.0 Å². The average molecular weight is 285 g/mol. The molecule has 0 spiro atoms. The van der Waals surface area contributed by atoms with Crippen molar-refractivity contribution in [3.05, 3.63) is 54.6 Å². The normalized spacial score (nSPS) is 16.1. The molecule has 4 aromatic rings. The summed E-state index contributed by atoms with van der Waals surface area (Å²) in [4.78, 5) is 2.58. The first-order valence-corrected chi connectivity index (χ1v) is 8.33. The first-order chi connectivity index (χ1) is 10.9. The minimum atomic E-state index is 1.20. The molecule has 1 nitrogen and oxygen atoms in total. The van der Waals surface area contributed by atoms with Gasteiger partial charge in [-0.05, 0) is 52.3 Å². The van der Waals surface area contributed by atoms with Crippen LogP contribution < -0.4 is 4.90 Å². The molecule has 1 heteroatoms. The van der Waals surface area contributed by atoms with Crippen LogP contribution in [0.2, 0.25) is 0 Å². The molecule has 1 heterocycles. The van der Waals surface area contributed by atoms with E-state index in [-0.39, 0.29) is 0 Å². The van der Waals surface area contributed by atoms with Gasteiger partial charge in [0, 0.05) is 24.2 Å². The van der Waals surface area contributed by atoms with Crippen molar-refractivity contribution in [2.24, 2.45) is 0 Å². The summed E-state index contributed by atoms with van der Waals surface area (Å²) in [6, 6.07) is 20.4. The molecule has 1 aliphatic heterocycles. The second kappa shape index (κ2) is 4.61. The lowest BCUT2D eigenvalue weighted by Gasteiger charge is -2.30. The highest BCUT2D eigenvalue weighted by Crippen LogP contribution is 2.39. The van der Waals surface area contributed by atoms with E-state index in [4.69, 9.17) is 0 Å². The van der Waals surface area contributed by atoms with Crippen molar-refractivity contribution < 1.29 is 0 Å². The first kappa shape index (κ1) is 12.3. The van der Waals surface area contributed by atoms with Crippen LogP contribution in [0.25, 0.3) is 32.3 Å². The molecule has 0 bridgehead atoms. The SMILES string of the molecule is c1cc2ccc3ccc(N4CCCCC4)c4ccc(c1)c2c34.